The van der Waals surface area contributed by atoms with E-state index in [0.717, 1.165) is 16.8 Å². The molecule has 0 saturated carbocycles. The maximum Gasteiger partial charge on any atom is 0.134 e. The molecule has 0 radical (unpaired) electrons. The first-order chi connectivity index (χ1) is 12.1. The van der Waals surface area contributed by atoms with Crippen LogP contribution < -0.4 is 0 Å². The van der Waals surface area contributed by atoms with Crippen LogP contribution in [0.15, 0.2) is 53.9 Å². The molecular formula is C21H17FN2S. The normalized spacial score (nSPS) is 11.6. The maximum absolute atomic E-state index is 13.0. The molecule has 3 rings (SSSR count). The van der Waals surface area contributed by atoms with Crippen LogP contribution in [0, 0.1) is 17.1 Å². The molecule has 0 amide bonds. The van der Waals surface area contributed by atoms with Crippen molar-refractivity contribution in [1.29, 1.82) is 5.26 Å². The van der Waals surface area contributed by atoms with E-state index in [2.05, 4.69) is 37.0 Å². The van der Waals surface area contributed by atoms with Crippen LogP contribution in [0.5, 0.6) is 0 Å². The Morgan fingerprint density at radius 2 is 1.80 bits per heavy atom. The van der Waals surface area contributed by atoms with Gasteiger partial charge in [0.05, 0.1) is 11.3 Å². The second kappa shape index (κ2) is 7.42. The van der Waals surface area contributed by atoms with Crippen molar-refractivity contribution in [2.45, 2.75) is 19.8 Å². The monoisotopic (exact) mass is 348 g/mol. The minimum absolute atomic E-state index is 0.276. The van der Waals surface area contributed by atoms with Crippen molar-refractivity contribution >= 4 is 23.0 Å². The molecule has 124 valence electrons. The molecule has 2 nitrogen and oxygen atoms in total. The Balaban J connectivity index is 1.88. The van der Waals surface area contributed by atoms with E-state index in [-0.39, 0.29) is 5.82 Å². The van der Waals surface area contributed by atoms with Crippen LogP contribution in [-0.2, 0) is 0 Å². The molecule has 0 saturated heterocycles. The van der Waals surface area contributed by atoms with Gasteiger partial charge < -0.3 is 0 Å². The summed E-state index contributed by atoms with van der Waals surface area (Å²) in [6, 6.07) is 16.6. The van der Waals surface area contributed by atoms with E-state index in [9.17, 15) is 9.65 Å². The van der Waals surface area contributed by atoms with Gasteiger partial charge in [0.25, 0.3) is 0 Å². The van der Waals surface area contributed by atoms with Crippen LogP contribution in [0.25, 0.3) is 22.9 Å². The van der Waals surface area contributed by atoms with Crippen LogP contribution in [0.1, 0.15) is 35.9 Å². The maximum atomic E-state index is 13.0. The van der Waals surface area contributed by atoms with Gasteiger partial charge in [-0.25, -0.2) is 9.37 Å². The van der Waals surface area contributed by atoms with Crippen molar-refractivity contribution in [2.75, 3.05) is 0 Å². The Bertz CT molecular complexity index is 929. The molecule has 4 heteroatoms. The van der Waals surface area contributed by atoms with Crippen molar-refractivity contribution < 1.29 is 4.39 Å². The third-order valence-electron chi connectivity index (χ3n) is 3.91. The number of hydrogen-bond donors (Lipinski definition) is 0. The second-order valence-corrected chi connectivity index (χ2v) is 6.89. The largest absolute Gasteiger partial charge is 0.235 e. The van der Waals surface area contributed by atoms with Gasteiger partial charge >= 0.3 is 0 Å². The van der Waals surface area contributed by atoms with Gasteiger partial charge in [0.15, 0.2) is 0 Å². The molecule has 0 unspecified atom stereocenters. The first-order valence-corrected chi connectivity index (χ1v) is 8.88. The Kier molecular flexibility index (Phi) is 5.06. The standard InChI is InChI=1S/C21H17FN2S/c1-14(2)16-5-3-15(4-6-16)11-18(12-23)21-24-20(13-25-21)17-7-9-19(22)10-8-17/h3-11,13-14H,1-2H3/b18-11-. The van der Waals surface area contributed by atoms with Crippen LogP contribution >= 0.6 is 11.3 Å². The number of hydrogen-bond acceptors (Lipinski definition) is 3. The third-order valence-corrected chi connectivity index (χ3v) is 4.78. The summed E-state index contributed by atoms with van der Waals surface area (Å²) in [6.45, 7) is 4.30. The highest BCUT2D eigenvalue weighted by molar-refractivity contribution is 7.11. The summed E-state index contributed by atoms with van der Waals surface area (Å²) in [5, 5.41) is 12.0. The van der Waals surface area contributed by atoms with E-state index < -0.39 is 0 Å². The van der Waals surface area contributed by atoms with Crippen molar-refractivity contribution in [1.82, 2.24) is 4.98 Å². The van der Waals surface area contributed by atoms with E-state index in [1.165, 1.54) is 29.0 Å². The fraction of sp³-hybridized carbons (Fsp3) is 0.143. The predicted octanol–water partition coefficient (Wildman–Crippen LogP) is 6.14. The predicted molar refractivity (Wildman–Crippen MR) is 102 cm³/mol. The quantitative estimate of drug-likeness (QED) is 0.531. The highest BCUT2D eigenvalue weighted by Gasteiger charge is 2.09. The molecule has 0 spiro atoms. The number of nitrogens with zero attached hydrogens (tertiary/aromatic N) is 2. The average Bonchev–Trinajstić information content (AvgIpc) is 3.10. The van der Waals surface area contributed by atoms with E-state index >= 15 is 0 Å². The lowest BCUT2D eigenvalue weighted by molar-refractivity contribution is 0.628. The summed E-state index contributed by atoms with van der Waals surface area (Å²) in [5.74, 6) is 0.201. The first kappa shape index (κ1) is 17.1. The zero-order chi connectivity index (χ0) is 17.8. The Morgan fingerprint density at radius 3 is 2.40 bits per heavy atom. The van der Waals surface area contributed by atoms with Crippen LogP contribution in [0.3, 0.4) is 0 Å². The van der Waals surface area contributed by atoms with Gasteiger partial charge in [0, 0.05) is 10.9 Å². The molecule has 0 N–H and O–H groups in total. The van der Waals surface area contributed by atoms with Gasteiger partial charge in [0.1, 0.15) is 16.9 Å². The van der Waals surface area contributed by atoms with Crippen LogP contribution in [0.2, 0.25) is 0 Å². The minimum atomic E-state index is -0.276. The summed E-state index contributed by atoms with van der Waals surface area (Å²) in [7, 11) is 0. The average molecular weight is 348 g/mol. The van der Waals surface area contributed by atoms with Crippen LogP contribution in [0.4, 0.5) is 4.39 Å². The number of halogens is 1. The zero-order valence-corrected chi connectivity index (χ0v) is 14.8. The molecule has 0 aliphatic carbocycles. The van der Waals surface area contributed by atoms with Gasteiger partial charge in [-0.05, 0) is 47.4 Å². The summed E-state index contributed by atoms with van der Waals surface area (Å²) >= 11 is 1.41. The SMILES string of the molecule is CC(C)c1ccc(/C=C(/C#N)c2nc(-c3ccc(F)cc3)cs2)cc1. The lowest BCUT2D eigenvalue weighted by Gasteiger charge is -2.04. The molecule has 0 fully saturated rings. The fourth-order valence-electron chi connectivity index (χ4n) is 2.44. The molecule has 3 aromatic rings. The van der Waals surface area contributed by atoms with Gasteiger partial charge in [-0.3, -0.25) is 0 Å². The fourth-order valence-corrected chi connectivity index (χ4v) is 3.23. The van der Waals surface area contributed by atoms with Gasteiger partial charge in [0.2, 0.25) is 0 Å². The lowest BCUT2D eigenvalue weighted by atomic mass is 10.0. The molecule has 0 aliphatic rings. The third kappa shape index (κ3) is 4.01. The molecular weight excluding hydrogens is 331 g/mol. The molecule has 0 aliphatic heterocycles. The second-order valence-electron chi connectivity index (χ2n) is 6.04. The van der Waals surface area contributed by atoms with Crippen molar-refractivity contribution in [3.63, 3.8) is 0 Å². The molecule has 2 aromatic carbocycles. The summed E-state index contributed by atoms with van der Waals surface area (Å²) in [4.78, 5) is 4.53. The number of thiazole rings is 1. The number of allylic oxidation sites excluding steroid dienone is 1. The van der Waals surface area contributed by atoms with Crippen molar-refractivity contribution in [3.8, 4) is 17.3 Å². The Morgan fingerprint density at radius 1 is 1.12 bits per heavy atom. The molecule has 1 heterocycles. The number of benzene rings is 2. The molecule has 0 bridgehead atoms. The number of nitriles is 1. The lowest BCUT2D eigenvalue weighted by Crippen LogP contribution is -1.87. The molecule has 1 aromatic heterocycles. The summed E-state index contributed by atoms with van der Waals surface area (Å²) < 4.78 is 13.0. The number of rotatable bonds is 4. The Hall–Kier alpha value is -2.77. The Labute approximate surface area is 150 Å². The highest BCUT2D eigenvalue weighted by atomic mass is 32.1. The first-order valence-electron chi connectivity index (χ1n) is 8.00. The van der Waals surface area contributed by atoms with Crippen molar-refractivity contribution in [3.05, 3.63) is 75.9 Å². The van der Waals surface area contributed by atoms with E-state index in [0.29, 0.717) is 16.5 Å². The van der Waals surface area contributed by atoms with Gasteiger partial charge in [-0.1, -0.05) is 38.1 Å². The smallest absolute Gasteiger partial charge is 0.134 e. The summed E-state index contributed by atoms with van der Waals surface area (Å²) in [5.41, 5.74) is 4.34. The zero-order valence-electron chi connectivity index (χ0n) is 14.0. The van der Waals surface area contributed by atoms with Crippen molar-refractivity contribution in [2.24, 2.45) is 0 Å². The van der Waals surface area contributed by atoms with E-state index in [4.69, 9.17) is 0 Å². The number of aromatic nitrogens is 1. The topological polar surface area (TPSA) is 36.7 Å². The van der Waals surface area contributed by atoms with E-state index in [1.807, 2.05) is 23.6 Å². The highest BCUT2D eigenvalue weighted by Crippen LogP contribution is 2.27. The minimum Gasteiger partial charge on any atom is -0.235 e. The molecule has 0 atom stereocenters. The summed E-state index contributed by atoms with van der Waals surface area (Å²) in [6.07, 6.45) is 1.84. The molecule has 25 heavy (non-hydrogen) atoms. The van der Waals surface area contributed by atoms with Crippen LogP contribution in [-0.4, -0.2) is 4.98 Å². The van der Waals surface area contributed by atoms with Gasteiger partial charge in [-0.2, -0.15) is 5.26 Å². The van der Waals surface area contributed by atoms with Gasteiger partial charge in [-0.15, -0.1) is 11.3 Å². The van der Waals surface area contributed by atoms with E-state index in [1.54, 1.807) is 12.1 Å².